The van der Waals surface area contributed by atoms with E-state index >= 15 is 0 Å². The molecule has 0 aliphatic rings. The Kier molecular flexibility index (Phi) is 4.77. The van der Waals surface area contributed by atoms with E-state index in [2.05, 4.69) is 43.8 Å². The lowest BCUT2D eigenvalue weighted by Gasteiger charge is -2.10. The lowest BCUT2D eigenvalue weighted by molar-refractivity contribution is 1.30. The lowest BCUT2D eigenvalue weighted by Crippen LogP contribution is -2.02. The monoisotopic (exact) mass is 357 g/mol. The summed E-state index contributed by atoms with van der Waals surface area (Å²) in [6, 6.07) is 3.62. The summed E-state index contributed by atoms with van der Waals surface area (Å²) in [6.07, 6.45) is 0. The first-order valence-electron chi connectivity index (χ1n) is 3.72. The third-order valence-electron chi connectivity index (χ3n) is 1.46. The zero-order valence-electron chi connectivity index (χ0n) is 7.08. The SMILES string of the molecule is C=C(Cl)CNc1c(Br)cc(Cl)cc1Br. The molecule has 5 heteroatoms. The molecule has 1 aromatic rings. The molecule has 0 atom stereocenters. The highest BCUT2D eigenvalue weighted by Gasteiger charge is 2.06. The van der Waals surface area contributed by atoms with Gasteiger partial charge in [0.25, 0.3) is 0 Å². The minimum absolute atomic E-state index is 0.514. The summed E-state index contributed by atoms with van der Waals surface area (Å²) in [6.45, 7) is 4.11. The summed E-state index contributed by atoms with van der Waals surface area (Å²) >= 11 is 18.3. The van der Waals surface area contributed by atoms with Crippen LogP contribution in [0.1, 0.15) is 0 Å². The van der Waals surface area contributed by atoms with Gasteiger partial charge in [-0.1, -0.05) is 29.8 Å². The molecule has 1 N–H and O–H groups in total. The van der Waals surface area contributed by atoms with Gasteiger partial charge in [-0.05, 0) is 44.0 Å². The van der Waals surface area contributed by atoms with Gasteiger partial charge in [0.1, 0.15) is 0 Å². The summed E-state index contributed by atoms with van der Waals surface area (Å²) in [5.41, 5.74) is 0.913. The zero-order valence-corrected chi connectivity index (χ0v) is 11.8. The Bertz CT molecular complexity index is 343. The average Bonchev–Trinajstić information content (AvgIpc) is 2.01. The van der Waals surface area contributed by atoms with Crippen LogP contribution in [0.25, 0.3) is 0 Å². The molecule has 0 fully saturated rings. The molecular formula is C9H7Br2Cl2N. The molecular weight excluding hydrogens is 353 g/mol. The summed E-state index contributed by atoms with van der Waals surface area (Å²) in [4.78, 5) is 0. The van der Waals surface area contributed by atoms with Crippen molar-refractivity contribution in [3.05, 3.63) is 37.7 Å². The summed E-state index contributed by atoms with van der Waals surface area (Å²) in [5.74, 6) is 0. The van der Waals surface area contributed by atoms with Crippen molar-refractivity contribution in [3.8, 4) is 0 Å². The lowest BCUT2D eigenvalue weighted by atomic mass is 10.3. The second-order valence-corrected chi connectivity index (χ2v) is 5.29. The number of nitrogens with one attached hydrogen (secondary N) is 1. The topological polar surface area (TPSA) is 12.0 Å². The smallest absolute Gasteiger partial charge is 0.0633 e. The van der Waals surface area contributed by atoms with Crippen molar-refractivity contribution in [3.63, 3.8) is 0 Å². The van der Waals surface area contributed by atoms with Crippen LogP contribution >= 0.6 is 55.1 Å². The molecule has 0 saturated heterocycles. The maximum Gasteiger partial charge on any atom is 0.0633 e. The summed E-state index contributed by atoms with van der Waals surface area (Å²) in [7, 11) is 0. The van der Waals surface area contributed by atoms with E-state index in [0.29, 0.717) is 16.6 Å². The summed E-state index contributed by atoms with van der Waals surface area (Å²) < 4.78 is 1.77. The third kappa shape index (κ3) is 3.46. The predicted octanol–water partition coefficient (Wildman–Crippen LogP) is 5.03. The Morgan fingerprint density at radius 3 is 2.29 bits per heavy atom. The van der Waals surface area contributed by atoms with Crippen molar-refractivity contribution in [2.45, 2.75) is 0 Å². The maximum atomic E-state index is 5.85. The molecule has 0 spiro atoms. The first-order chi connectivity index (χ1) is 6.50. The van der Waals surface area contributed by atoms with Crippen molar-refractivity contribution in [2.24, 2.45) is 0 Å². The normalized spacial score (nSPS) is 10.0. The van der Waals surface area contributed by atoms with Crippen LogP contribution in [0.5, 0.6) is 0 Å². The number of halogens is 4. The van der Waals surface area contributed by atoms with Gasteiger partial charge in [-0.15, -0.1) is 0 Å². The fraction of sp³-hybridized carbons (Fsp3) is 0.111. The number of benzene rings is 1. The van der Waals surface area contributed by atoms with E-state index in [1.54, 1.807) is 0 Å². The van der Waals surface area contributed by atoms with Crippen LogP contribution < -0.4 is 5.32 Å². The quantitative estimate of drug-likeness (QED) is 0.798. The van der Waals surface area contributed by atoms with Crippen molar-refractivity contribution in [1.29, 1.82) is 0 Å². The Balaban J connectivity index is 2.91. The summed E-state index contributed by atoms with van der Waals surface area (Å²) in [5, 5.41) is 4.34. The van der Waals surface area contributed by atoms with Gasteiger partial charge in [-0.3, -0.25) is 0 Å². The highest BCUT2D eigenvalue weighted by molar-refractivity contribution is 9.11. The molecule has 0 heterocycles. The standard InChI is InChI=1S/C9H7Br2Cl2N/c1-5(12)4-14-9-7(10)2-6(13)3-8(9)11/h2-3,14H,1,4H2. The molecule has 1 nitrogen and oxygen atoms in total. The Morgan fingerprint density at radius 2 is 1.86 bits per heavy atom. The van der Waals surface area contributed by atoms with Crippen molar-refractivity contribution < 1.29 is 0 Å². The van der Waals surface area contributed by atoms with Crippen LogP contribution in [0.3, 0.4) is 0 Å². The van der Waals surface area contributed by atoms with E-state index in [1.165, 1.54) is 0 Å². The average molecular weight is 360 g/mol. The second-order valence-electron chi connectivity index (χ2n) is 2.62. The molecule has 1 aromatic carbocycles. The molecule has 0 radical (unpaired) electrons. The Hall–Kier alpha value is 0.300. The molecule has 76 valence electrons. The molecule has 0 bridgehead atoms. The minimum atomic E-state index is 0.514. The van der Waals surface area contributed by atoms with Gasteiger partial charge in [-0.2, -0.15) is 0 Å². The first kappa shape index (κ1) is 12.4. The third-order valence-corrected chi connectivity index (χ3v) is 3.07. The van der Waals surface area contributed by atoms with Gasteiger partial charge in [-0.25, -0.2) is 0 Å². The van der Waals surface area contributed by atoms with Crippen molar-refractivity contribution >= 4 is 60.7 Å². The number of rotatable bonds is 3. The molecule has 0 amide bonds. The fourth-order valence-corrected chi connectivity index (χ4v) is 2.91. The predicted molar refractivity (Wildman–Crippen MR) is 70.3 cm³/mol. The van der Waals surface area contributed by atoms with E-state index in [1.807, 2.05) is 12.1 Å². The van der Waals surface area contributed by atoms with Gasteiger partial charge in [0.15, 0.2) is 0 Å². The van der Waals surface area contributed by atoms with Crippen molar-refractivity contribution in [2.75, 3.05) is 11.9 Å². The van der Waals surface area contributed by atoms with Gasteiger partial charge in [0.2, 0.25) is 0 Å². The maximum absolute atomic E-state index is 5.85. The van der Waals surface area contributed by atoms with Crippen LogP contribution in [0.4, 0.5) is 5.69 Å². The Labute approximate surface area is 110 Å². The molecule has 0 saturated carbocycles. The highest BCUT2D eigenvalue weighted by atomic mass is 79.9. The van der Waals surface area contributed by atoms with E-state index in [-0.39, 0.29) is 0 Å². The van der Waals surface area contributed by atoms with Crippen molar-refractivity contribution in [1.82, 2.24) is 0 Å². The van der Waals surface area contributed by atoms with Gasteiger partial charge in [0.05, 0.1) is 12.2 Å². The minimum Gasteiger partial charge on any atom is -0.378 e. The van der Waals surface area contributed by atoms with Gasteiger partial charge >= 0.3 is 0 Å². The van der Waals surface area contributed by atoms with Crippen LogP contribution in [0.15, 0.2) is 32.7 Å². The molecule has 0 aliphatic carbocycles. The molecule has 0 unspecified atom stereocenters. The van der Waals surface area contributed by atoms with Gasteiger partial charge in [0, 0.05) is 19.0 Å². The fourth-order valence-electron chi connectivity index (χ4n) is 0.895. The van der Waals surface area contributed by atoms with Crippen LogP contribution in [0.2, 0.25) is 5.02 Å². The van der Waals surface area contributed by atoms with Crippen LogP contribution in [0, 0.1) is 0 Å². The largest absolute Gasteiger partial charge is 0.378 e. The molecule has 0 aromatic heterocycles. The first-order valence-corrected chi connectivity index (χ1v) is 6.06. The van der Waals surface area contributed by atoms with E-state index in [0.717, 1.165) is 14.6 Å². The van der Waals surface area contributed by atoms with E-state index < -0.39 is 0 Å². The van der Waals surface area contributed by atoms with E-state index in [4.69, 9.17) is 23.2 Å². The molecule has 14 heavy (non-hydrogen) atoms. The second kappa shape index (κ2) is 5.40. The number of anilines is 1. The molecule has 1 rings (SSSR count). The van der Waals surface area contributed by atoms with Crippen LogP contribution in [-0.4, -0.2) is 6.54 Å². The molecule has 0 aliphatic heterocycles. The highest BCUT2D eigenvalue weighted by Crippen LogP contribution is 2.34. The van der Waals surface area contributed by atoms with Gasteiger partial charge < -0.3 is 5.32 Å². The Morgan fingerprint density at radius 1 is 1.36 bits per heavy atom. The van der Waals surface area contributed by atoms with E-state index in [9.17, 15) is 0 Å². The van der Waals surface area contributed by atoms with Crippen LogP contribution in [-0.2, 0) is 0 Å². The zero-order chi connectivity index (χ0) is 10.7. The number of hydrogen-bond acceptors (Lipinski definition) is 1. The number of hydrogen-bond donors (Lipinski definition) is 1.